The predicted molar refractivity (Wildman–Crippen MR) is 130 cm³/mol. The number of hydrogen-bond donors (Lipinski definition) is 3. The van der Waals surface area contributed by atoms with Crippen molar-refractivity contribution >= 4 is 34.7 Å². The molecular formula is C26H25N5O. The van der Waals surface area contributed by atoms with Gasteiger partial charge in [0.25, 0.3) is 5.91 Å². The first-order valence-corrected chi connectivity index (χ1v) is 10.4. The molecule has 1 amide bonds. The highest BCUT2D eigenvalue weighted by atomic mass is 16.1. The van der Waals surface area contributed by atoms with Gasteiger partial charge in [0, 0.05) is 34.4 Å². The Morgan fingerprint density at radius 1 is 0.656 bits per heavy atom. The standard InChI is InChI=1S/C26H25N5O/c1-17-4-8-20(9-5-17)25(32)29-22-14-12-21(13-15-22)28-24-16-19(3)27-26(31-24)30-23-10-6-18(2)7-11-23/h4-16H,1-3H3,(H,29,32)(H2,27,28,30,31). The van der Waals surface area contributed by atoms with Gasteiger partial charge in [-0.05, 0) is 69.3 Å². The number of rotatable bonds is 6. The van der Waals surface area contributed by atoms with Crippen LogP contribution in [0.4, 0.5) is 28.8 Å². The van der Waals surface area contributed by atoms with E-state index in [1.165, 1.54) is 5.56 Å². The van der Waals surface area contributed by atoms with E-state index >= 15 is 0 Å². The number of nitrogens with zero attached hydrogens (tertiary/aromatic N) is 2. The van der Waals surface area contributed by atoms with Crippen LogP contribution in [0, 0.1) is 20.8 Å². The lowest BCUT2D eigenvalue weighted by atomic mass is 10.1. The van der Waals surface area contributed by atoms with Crippen molar-refractivity contribution in [2.24, 2.45) is 0 Å². The zero-order valence-electron chi connectivity index (χ0n) is 18.3. The molecule has 3 aromatic carbocycles. The molecule has 0 radical (unpaired) electrons. The predicted octanol–water partition coefficient (Wildman–Crippen LogP) is 6.14. The van der Waals surface area contributed by atoms with E-state index in [1.54, 1.807) is 0 Å². The van der Waals surface area contributed by atoms with Crippen LogP contribution in [-0.4, -0.2) is 15.9 Å². The Morgan fingerprint density at radius 3 is 1.84 bits per heavy atom. The van der Waals surface area contributed by atoms with Crippen LogP contribution in [0.25, 0.3) is 0 Å². The molecule has 1 heterocycles. The van der Waals surface area contributed by atoms with Crippen LogP contribution in [0.1, 0.15) is 27.2 Å². The Labute approximate surface area is 187 Å². The second-order valence-electron chi connectivity index (χ2n) is 7.73. The molecule has 32 heavy (non-hydrogen) atoms. The average molecular weight is 424 g/mol. The van der Waals surface area contributed by atoms with Crippen molar-refractivity contribution in [3.8, 4) is 0 Å². The van der Waals surface area contributed by atoms with Crippen molar-refractivity contribution in [2.45, 2.75) is 20.8 Å². The van der Waals surface area contributed by atoms with Gasteiger partial charge in [0.1, 0.15) is 5.82 Å². The van der Waals surface area contributed by atoms with E-state index in [2.05, 4.69) is 25.9 Å². The maximum Gasteiger partial charge on any atom is 0.255 e. The third-order valence-electron chi connectivity index (χ3n) is 4.89. The maximum atomic E-state index is 12.4. The molecule has 1 aromatic heterocycles. The van der Waals surface area contributed by atoms with E-state index in [4.69, 9.17) is 0 Å². The molecule has 4 rings (SSSR count). The minimum absolute atomic E-state index is 0.135. The molecule has 0 aliphatic rings. The summed E-state index contributed by atoms with van der Waals surface area (Å²) < 4.78 is 0. The van der Waals surface area contributed by atoms with Gasteiger partial charge in [-0.2, -0.15) is 4.98 Å². The molecule has 4 aromatic rings. The number of aromatic nitrogens is 2. The van der Waals surface area contributed by atoms with Crippen LogP contribution in [-0.2, 0) is 0 Å². The summed E-state index contributed by atoms with van der Waals surface area (Å²) in [5.41, 5.74) is 6.30. The molecule has 0 aliphatic carbocycles. The van der Waals surface area contributed by atoms with Crippen molar-refractivity contribution in [3.05, 3.63) is 101 Å². The first kappa shape index (κ1) is 21.1. The monoisotopic (exact) mass is 423 g/mol. The number of nitrogens with one attached hydrogen (secondary N) is 3. The van der Waals surface area contributed by atoms with Crippen molar-refractivity contribution in [1.29, 1.82) is 0 Å². The molecule has 0 saturated heterocycles. The van der Waals surface area contributed by atoms with E-state index in [1.807, 2.05) is 99.6 Å². The minimum Gasteiger partial charge on any atom is -0.340 e. The molecule has 0 aliphatic heterocycles. The first-order valence-electron chi connectivity index (χ1n) is 10.4. The third-order valence-corrected chi connectivity index (χ3v) is 4.89. The highest BCUT2D eigenvalue weighted by Crippen LogP contribution is 2.21. The topological polar surface area (TPSA) is 78.9 Å². The van der Waals surface area contributed by atoms with Crippen LogP contribution in [0.2, 0.25) is 0 Å². The largest absolute Gasteiger partial charge is 0.340 e. The fourth-order valence-electron chi connectivity index (χ4n) is 3.15. The Balaban J connectivity index is 1.42. The lowest BCUT2D eigenvalue weighted by molar-refractivity contribution is 0.102. The fourth-order valence-corrected chi connectivity index (χ4v) is 3.15. The summed E-state index contributed by atoms with van der Waals surface area (Å²) in [6.07, 6.45) is 0. The molecular weight excluding hydrogens is 398 g/mol. The number of hydrogen-bond acceptors (Lipinski definition) is 5. The van der Waals surface area contributed by atoms with Crippen LogP contribution in [0.3, 0.4) is 0 Å². The summed E-state index contributed by atoms with van der Waals surface area (Å²) in [7, 11) is 0. The average Bonchev–Trinajstić information content (AvgIpc) is 2.77. The van der Waals surface area contributed by atoms with Crippen LogP contribution < -0.4 is 16.0 Å². The third kappa shape index (κ3) is 5.49. The molecule has 0 spiro atoms. The van der Waals surface area contributed by atoms with Crippen molar-refractivity contribution in [1.82, 2.24) is 9.97 Å². The Morgan fingerprint density at radius 2 is 1.19 bits per heavy atom. The number of benzene rings is 3. The van der Waals surface area contributed by atoms with Gasteiger partial charge in [0.05, 0.1) is 0 Å². The molecule has 160 valence electrons. The van der Waals surface area contributed by atoms with E-state index < -0.39 is 0 Å². The van der Waals surface area contributed by atoms with Gasteiger partial charge in [-0.15, -0.1) is 0 Å². The summed E-state index contributed by atoms with van der Waals surface area (Å²) in [5, 5.41) is 9.45. The quantitative estimate of drug-likeness (QED) is 0.347. The van der Waals surface area contributed by atoms with E-state index in [9.17, 15) is 4.79 Å². The molecule has 0 saturated carbocycles. The zero-order chi connectivity index (χ0) is 22.5. The second-order valence-corrected chi connectivity index (χ2v) is 7.73. The van der Waals surface area contributed by atoms with Gasteiger partial charge in [0.15, 0.2) is 0 Å². The maximum absolute atomic E-state index is 12.4. The highest BCUT2D eigenvalue weighted by molar-refractivity contribution is 6.04. The number of anilines is 5. The van der Waals surface area contributed by atoms with E-state index in [-0.39, 0.29) is 5.91 Å². The summed E-state index contributed by atoms with van der Waals surface area (Å²) in [5.74, 6) is 1.07. The van der Waals surface area contributed by atoms with E-state index in [0.29, 0.717) is 17.3 Å². The highest BCUT2D eigenvalue weighted by Gasteiger charge is 2.07. The second kappa shape index (κ2) is 9.31. The summed E-state index contributed by atoms with van der Waals surface area (Å²) in [4.78, 5) is 21.4. The van der Waals surface area contributed by atoms with Crippen molar-refractivity contribution in [2.75, 3.05) is 16.0 Å². The molecule has 0 fully saturated rings. The zero-order valence-corrected chi connectivity index (χ0v) is 18.3. The molecule has 6 heteroatoms. The fraction of sp³-hybridized carbons (Fsp3) is 0.115. The number of carbonyl (C=O) groups is 1. The Bertz CT molecular complexity index is 1220. The number of amides is 1. The van der Waals surface area contributed by atoms with Gasteiger partial charge in [-0.1, -0.05) is 35.4 Å². The van der Waals surface area contributed by atoms with Gasteiger partial charge in [0.2, 0.25) is 5.95 Å². The van der Waals surface area contributed by atoms with Crippen LogP contribution >= 0.6 is 0 Å². The number of aryl methyl sites for hydroxylation is 3. The Kier molecular flexibility index (Phi) is 6.12. The molecule has 0 unspecified atom stereocenters. The summed E-state index contributed by atoms with van der Waals surface area (Å²) in [6, 6.07) is 24.9. The van der Waals surface area contributed by atoms with Gasteiger partial charge >= 0.3 is 0 Å². The van der Waals surface area contributed by atoms with Crippen LogP contribution in [0.5, 0.6) is 0 Å². The summed E-state index contributed by atoms with van der Waals surface area (Å²) >= 11 is 0. The van der Waals surface area contributed by atoms with Gasteiger partial charge < -0.3 is 16.0 Å². The SMILES string of the molecule is Cc1ccc(Nc2nc(C)cc(Nc3ccc(NC(=O)c4ccc(C)cc4)cc3)n2)cc1. The van der Waals surface area contributed by atoms with Crippen LogP contribution in [0.15, 0.2) is 78.9 Å². The molecule has 0 atom stereocenters. The molecule has 6 nitrogen and oxygen atoms in total. The smallest absolute Gasteiger partial charge is 0.255 e. The van der Waals surface area contributed by atoms with Gasteiger partial charge in [-0.3, -0.25) is 4.79 Å². The summed E-state index contributed by atoms with van der Waals surface area (Å²) in [6.45, 7) is 5.97. The molecule has 3 N–H and O–H groups in total. The van der Waals surface area contributed by atoms with Gasteiger partial charge in [-0.25, -0.2) is 4.98 Å². The van der Waals surface area contributed by atoms with Crippen molar-refractivity contribution in [3.63, 3.8) is 0 Å². The van der Waals surface area contributed by atoms with Crippen molar-refractivity contribution < 1.29 is 4.79 Å². The minimum atomic E-state index is -0.135. The van der Waals surface area contributed by atoms with E-state index in [0.717, 1.165) is 28.3 Å². The first-order chi connectivity index (χ1) is 15.4. The normalized spacial score (nSPS) is 10.5. The molecule has 0 bridgehead atoms. The lowest BCUT2D eigenvalue weighted by Crippen LogP contribution is -2.11. The number of carbonyl (C=O) groups excluding carboxylic acids is 1. The lowest BCUT2D eigenvalue weighted by Gasteiger charge is -2.11. The Hall–Kier alpha value is -4.19.